The number of hydrogen-bond donors (Lipinski definition) is 2. The Balaban J connectivity index is 3.06. The highest BCUT2D eigenvalue weighted by molar-refractivity contribution is 5.79. The second-order valence-electron chi connectivity index (χ2n) is 5.13. The molecule has 0 saturated heterocycles. The lowest BCUT2D eigenvalue weighted by Crippen LogP contribution is -2.49. The first-order chi connectivity index (χ1) is 8.69. The zero-order chi connectivity index (χ0) is 14.8. The third kappa shape index (κ3) is 3.41. The highest BCUT2D eigenvalue weighted by Crippen LogP contribution is 2.16. The van der Waals surface area contributed by atoms with Crippen molar-refractivity contribution in [3.05, 3.63) is 27.4 Å². The Bertz CT molecular complexity index is 534. The molecule has 1 rings (SSSR count). The minimum absolute atomic E-state index is 0.189. The number of carbonyl (C=O) groups excluding carboxylic acids is 1. The number of rotatable bonds is 4. The van der Waals surface area contributed by atoms with Crippen LogP contribution >= 0.6 is 0 Å². The summed E-state index contributed by atoms with van der Waals surface area (Å²) in [5.74, 6) is 0.194. The van der Waals surface area contributed by atoms with E-state index >= 15 is 0 Å². The summed E-state index contributed by atoms with van der Waals surface area (Å²) >= 11 is 0. The van der Waals surface area contributed by atoms with E-state index in [4.69, 9.17) is 4.74 Å². The molecule has 2 N–H and O–H groups in total. The molecule has 1 heterocycles. The number of ether oxygens (including phenoxy) is 1. The average molecular weight is 267 g/mol. The van der Waals surface area contributed by atoms with Gasteiger partial charge in [-0.2, -0.15) is 0 Å². The number of carbonyl (C=O) groups is 1. The SMILES string of the molecule is COC(=O)C(C)(C)NC(C)c1c(C)nc(C)[nH]c1=O. The summed E-state index contributed by atoms with van der Waals surface area (Å²) in [6, 6.07) is -0.314. The van der Waals surface area contributed by atoms with Crippen LogP contribution < -0.4 is 10.9 Å². The normalized spacial score (nSPS) is 13.2. The van der Waals surface area contributed by atoms with E-state index in [2.05, 4.69) is 15.3 Å². The summed E-state index contributed by atoms with van der Waals surface area (Å²) in [6.45, 7) is 8.75. The number of H-pyrrole nitrogens is 1. The Hall–Kier alpha value is -1.69. The molecule has 6 nitrogen and oxygen atoms in total. The molecule has 0 spiro atoms. The molecular formula is C13H21N3O3. The van der Waals surface area contributed by atoms with Crippen LogP contribution in [-0.2, 0) is 9.53 Å². The van der Waals surface area contributed by atoms with Crippen LogP contribution in [0.3, 0.4) is 0 Å². The van der Waals surface area contributed by atoms with Gasteiger partial charge in [-0.25, -0.2) is 4.98 Å². The summed E-state index contributed by atoms with van der Waals surface area (Å²) < 4.78 is 4.73. The highest BCUT2D eigenvalue weighted by atomic mass is 16.5. The van der Waals surface area contributed by atoms with Crippen molar-refractivity contribution in [3.63, 3.8) is 0 Å². The lowest BCUT2D eigenvalue weighted by atomic mass is 10.0. The van der Waals surface area contributed by atoms with E-state index in [1.165, 1.54) is 7.11 Å². The van der Waals surface area contributed by atoms with Gasteiger partial charge < -0.3 is 9.72 Å². The second-order valence-corrected chi connectivity index (χ2v) is 5.13. The minimum atomic E-state index is -0.877. The number of nitrogens with zero attached hydrogens (tertiary/aromatic N) is 1. The Morgan fingerprint density at radius 3 is 2.47 bits per heavy atom. The van der Waals surface area contributed by atoms with Gasteiger partial charge in [-0.05, 0) is 34.6 Å². The molecule has 1 atom stereocenters. The van der Waals surface area contributed by atoms with Gasteiger partial charge in [0.1, 0.15) is 11.4 Å². The van der Waals surface area contributed by atoms with Crippen molar-refractivity contribution in [2.75, 3.05) is 7.11 Å². The lowest BCUT2D eigenvalue weighted by Gasteiger charge is -2.27. The number of esters is 1. The van der Waals surface area contributed by atoms with Crippen LogP contribution in [0, 0.1) is 13.8 Å². The third-order valence-corrected chi connectivity index (χ3v) is 2.97. The maximum absolute atomic E-state index is 12.0. The average Bonchev–Trinajstić information content (AvgIpc) is 2.25. The van der Waals surface area contributed by atoms with Gasteiger partial charge in [-0.3, -0.25) is 14.9 Å². The second kappa shape index (κ2) is 5.52. The lowest BCUT2D eigenvalue weighted by molar-refractivity contribution is -0.147. The van der Waals surface area contributed by atoms with Crippen LogP contribution in [0.1, 0.15) is 43.9 Å². The van der Waals surface area contributed by atoms with Crippen molar-refractivity contribution in [2.45, 2.75) is 46.2 Å². The van der Waals surface area contributed by atoms with E-state index in [1.54, 1.807) is 27.7 Å². The molecule has 1 aromatic rings. The van der Waals surface area contributed by atoms with Crippen LogP contribution in [0.15, 0.2) is 4.79 Å². The first kappa shape index (κ1) is 15.4. The maximum Gasteiger partial charge on any atom is 0.325 e. The predicted octanol–water partition coefficient (Wildman–Crippen LogP) is 0.989. The van der Waals surface area contributed by atoms with Gasteiger partial charge in [0.15, 0.2) is 0 Å². The Labute approximate surface area is 112 Å². The fraction of sp³-hybridized carbons (Fsp3) is 0.615. The third-order valence-electron chi connectivity index (χ3n) is 2.97. The van der Waals surface area contributed by atoms with Crippen molar-refractivity contribution >= 4 is 5.97 Å². The molecule has 1 unspecified atom stereocenters. The topological polar surface area (TPSA) is 84.1 Å². The van der Waals surface area contributed by atoms with Crippen LogP contribution in [0.2, 0.25) is 0 Å². The molecule has 0 fully saturated rings. The fourth-order valence-corrected chi connectivity index (χ4v) is 2.17. The quantitative estimate of drug-likeness (QED) is 0.795. The molecule has 0 aliphatic heterocycles. The van der Waals surface area contributed by atoms with Gasteiger partial charge in [-0.1, -0.05) is 0 Å². The van der Waals surface area contributed by atoms with Gasteiger partial charge in [0.05, 0.1) is 12.7 Å². The van der Waals surface area contributed by atoms with Crippen molar-refractivity contribution in [1.29, 1.82) is 0 Å². The van der Waals surface area contributed by atoms with E-state index in [-0.39, 0.29) is 17.6 Å². The summed E-state index contributed by atoms with van der Waals surface area (Å²) in [7, 11) is 1.34. The Kier molecular flexibility index (Phi) is 4.47. The zero-order valence-electron chi connectivity index (χ0n) is 12.2. The molecule has 6 heteroatoms. The summed E-state index contributed by atoms with van der Waals surface area (Å²) in [4.78, 5) is 30.5. The predicted molar refractivity (Wildman–Crippen MR) is 72.0 cm³/mol. The van der Waals surface area contributed by atoms with Crippen molar-refractivity contribution in [1.82, 2.24) is 15.3 Å². The number of hydrogen-bond acceptors (Lipinski definition) is 5. The summed E-state index contributed by atoms with van der Waals surface area (Å²) in [5, 5.41) is 3.09. The Morgan fingerprint density at radius 2 is 2.00 bits per heavy atom. The van der Waals surface area contributed by atoms with E-state index in [9.17, 15) is 9.59 Å². The van der Waals surface area contributed by atoms with E-state index in [1.807, 2.05) is 6.92 Å². The van der Waals surface area contributed by atoms with Crippen LogP contribution in [0.25, 0.3) is 0 Å². The van der Waals surface area contributed by atoms with Crippen LogP contribution in [0.5, 0.6) is 0 Å². The zero-order valence-corrected chi connectivity index (χ0v) is 12.2. The standard InChI is InChI=1S/C13H21N3O3/c1-7-10(11(17)15-9(3)14-7)8(2)16-13(4,5)12(18)19-6/h8,16H,1-6H3,(H,14,15,17). The number of nitrogens with one attached hydrogen (secondary N) is 2. The largest absolute Gasteiger partial charge is 0.468 e. The highest BCUT2D eigenvalue weighted by Gasteiger charge is 2.31. The molecule has 19 heavy (non-hydrogen) atoms. The van der Waals surface area contributed by atoms with E-state index < -0.39 is 5.54 Å². The molecule has 0 saturated carbocycles. The molecule has 106 valence electrons. The summed E-state index contributed by atoms with van der Waals surface area (Å²) in [6.07, 6.45) is 0. The molecule has 0 aliphatic rings. The maximum atomic E-state index is 12.0. The Morgan fingerprint density at radius 1 is 1.42 bits per heavy atom. The number of aryl methyl sites for hydroxylation is 2. The number of methoxy groups -OCH3 is 1. The van der Waals surface area contributed by atoms with E-state index in [0.717, 1.165) is 0 Å². The monoisotopic (exact) mass is 267 g/mol. The van der Waals surface area contributed by atoms with Crippen molar-refractivity contribution in [2.24, 2.45) is 0 Å². The summed E-state index contributed by atoms with van der Waals surface area (Å²) in [5.41, 5.74) is 0.118. The van der Waals surface area contributed by atoms with Gasteiger partial charge in [0.25, 0.3) is 5.56 Å². The smallest absolute Gasteiger partial charge is 0.325 e. The van der Waals surface area contributed by atoms with E-state index in [0.29, 0.717) is 17.1 Å². The van der Waals surface area contributed by atoms with Gasteiger partial charge in [0, 0.05) is 11.7 Å². The number of aromatic nitrogens is 2. The molecule has 0 amide bonds. The van der Waals surface area contributed by atoms with Crippen molar-refractivity contribution < 1.29 is 9.53 Å². The first-order valence-electron chi connectivity index (χ1n) is 6.12. The molecule has 0 radical (unpaired) electrons. The van der Waals surface area contributed by atoms with Crippen LogP contribution in [0.4, 0.5) is 0 Å². The molecule has 1 aromatic heterocycles. The van der Waals surface area contributed by atoms with Crippen molar-refractivity contribution in [3.8, 4) is 0 Å². The fourth-order valence-electron chi connectivity index (χ4n) is 2.17. The number of aromatic amines is 1. The molecule has 0 bridgehead atoms. The first-order valence-corrected chi connectivity index (χ1v) is 6.12. The molecule has 0 aromatic carbocycles. The van der Waals surface area contributed by atoms with Gasteiger partial charge in [0.2, 0.25) is 0 Å². The van der Waals surface area contributed by atoms with Gasteiger partial charge >= 0.3 is 5.97 Å². The molecular weight excluding hydrogens is 246 g/mol. The molecule has 0 aliphatic carbocycles. The van der Waals surface area contributed by atoms with Gasteiger partial charge in [-0.15, -0.1) is 0 Å². The van der Waals surface area contributed by atoms with Crippen LogP contribution in [-0.4, -0.2) is 28.6 Å². The minimum Gasteiger partial charge on any atom is -0.468 e.